The number of nitrogens with one attached hydrogen (secondary N) is 1. The summed E-state index contributed by atoms with van der Waals surface area (Å²) >= 11 is 29.3. The van der Waals surface area contributed by atoms with Gasteiger partial charge in [-0.1, -0.05) is 210 Å². The number of carbonyl (C=O) groups is 5. The Morgan fingerprint density at radius 3 is 1.12 bits per heavy atom. The highest BCUT2D eigenvalue weighted by molar-refractivity contribution is 8.13. The van der Waals surface area contributed by atoms with Gasteiger partial charge in [0, 0.05) is 128 Å². The molecule has 8 heterocycles. The molecule has 5 aliphatic heterocycles. The van der Waals surface area contributed by atoms with Gasteiger partial charge in [0.05, 0.1) is 97.8 Å². The Balaban J connectivity index is 0.000000150. The van der Waals surface area contributed by atoms with Gasteiger partial charge < -0.3 is 24.2 Å². The van der Waals surface area contributed by atoms with Crippen molar-refractivity contribution in [1.82, 2.24) is 51.9 Å². The number of H-pyrrole nitrogens is 1. The summed E-state index contributed by atoms with van der Waals surface area (Å²) in [6.45, 7) is 17.5. The summed E-state index contributed by atoms with van der Waals surface area (Å²) in [6, 6.07) is 74.8. The minimum atomic E-state index is -4.01. The second kappa shape index (κ2) is 46.8. The van der Waals surface area contributed by atoms with Crippen LogP contribution in [0.5, 0.6) is 0 Å². The van der Waals surface area contributed by atoms with E-state index in [1.807, 2.05) is 193 Å². The molecule has 30 nitrogen and oxygen atoms in total. The quantitative estimate of drug-likeness (QED) is 0.0442. The first-order valence-electron chi connectivity index (χ1n) is 45.5. The molecule has 762 valence electrons. The summed E-state index contributed by atoms with van der Waals surface area (Å²) in [4.78, 5) is 66.4. The number of halogens is 6. The van der Waals surface area contributed by atoms with Gasteiger partial charge in [-0.3, -0.25) is 24.5 Å². The van der Waals surface area contributed by atoms with Crippen LogP contribution in [0.15, 0.2) is 328 Å². The first-order valence-corrected chi connectivity index (χ1v) is 55.5. The Bertz CT molecular complexity index is 7330. The highest BCUT2D eigenvalue weighted by atomic mass is 35.7. The molecule has 0 spiro atoms. The van der Waals surface area contributed by atoms with Gasteiger partial charge in [-0.15, -0.1) is 0 Å². The van der Waals surface area contributed by atoms with Crippen LogP contribution >= 0.6 is 68.7 Å². The third-order valence-corrected chi connectivity index (χ3v) is 32.8. The summed E-state index contributed by atoms with van der Waals surface area (Å²) < 4.78 is 150. The van der Waals surface area contributed by atoms with Crippen LogP contribution in [-0.4, -0.2) is 159 Å². The van der Waals surface area contributed by atoms with Crippen molar-refractivity contribution in [3.8, 4) is 0 Å². The van der Waals surface area contributed by atoms with Gasteiger partial charge in [-0.25, -0.2) is 39.6 Å². The van der Waals surface area contributed by atoms with Crippen LogP contribution < -0.4 is 0 Å². The lowest BCUT2D eigenvalue weighted by Crippen LogP contribution is -2.45. The molecular formula is C104H105Cl6N11O19S5. The molecule has 5 unspecified atom stereocenters. The van der Waals surface area contributed by atoms with E-state index in [0.29, 0.717) is 73.6 Å². The van der Waals surface area contributed by atoms with E-state index in [9.17, 15) is 71.2 Å². The number of aliphatic hydroxyl groups excluding tert-OH is 1. The van der Waals surface area contributed by atoms with Crippen LogP contribution in [0.4, 0.5) is 14.4 Å². The lowest BCUT2D eigenvalue weighted by Gasteiger charge is -2.37. The smallest absolute Gasteiger partial charge is 0.411 e. The Labute approximate surface area is 873 Å². The number of hydrogen-bond donors (Lipinski definition) is 2. The summed E-state index contributed by atoms with van der Waals surface area (Å²) in [5.41, 5.74) is 7.20. The number of hydrogen-bond acceptors (Lipinski definition) is 22. The number of aliphatic hydroxyl groups is 1. The molecule has 13 aromatic rings. The molecule has 0 saturated carbocycles. The number of fused-ring (bicyclic) bond motifs is 3. The maximum Gasteiger partial charge on any atom is 0.411 e. The first-order chi connectivity index (χ1) is 68.5. The monoisotopic (exact) mass is 2180 g/mol. The van der Waals surface area contributed by atoms with Crippen molar-refractivity contribution < 1.29 is 85.4 Å². The average molecular weight is 2190 g/mol. The van der Waals surface area contributed by atoms with E-state index in [1.165, 1.54) is 147 Å². The number of ketones is 2. The van der Waals surface area contributed by atoms with E-state index >= 15 is 0 Å². The second-order valence-corrected chi connectivity index (χ2v) is 49.1. The van der Waals surface area contributed by atoms with E-state index < -0.39 is 84.1 Å². The number of rotatable bonds is 14. The molecule has 2 fully saturated rings. The molecule has 145 heavy (non-hydrogen) atoms. The molecule has 5 atom stereocenters. The number of piperidine rings is 2. The summed E-state index contributed by atoms with van der Waals surface area (Å²) in [6.07, 6.45) is 6.20. The largest absolute Gasteiger partial charge is 0.515 e. The van der Waals surface area contributed by atoms with Crippen LogP contribution in [0.2, 0.25) is 25.1 Å². The Morgan fingerprint density at radius 2 is 0.731 bits per heavy atom. The van der Waals surface area contributed by atoms with E-state index in [-0.39, 0.29) is 111 Å². The molecule has 5 aliphatic rings. The molecule has 10 aromatic carbocycles. The predicted octanol–water partition coefficient (Wildman–Crippen LogP) is 22.2. The van der Waals surface area contributed by atoms with Crippen molar-refractivity contribution in [2.75, 3.05) is 13.1 Å². The lowest BCUT2D eigenvalue weighted by molar-refractivity contribution is -0.123. The molecule has 0 aliphatic carbocycles. The van der Waals surface area contributed by atoms with Crippen molar-refractivity contribution >= 4 is 148 Å². The van der Waals surface area contributed by atoms with Crippen molar-refractivity contribution in [2.45, 2.75) is 192 Å². The summed E-state index contributed by atoms with van der Waals surface area (Å²) in [5.74, 6) is 0.0369. The van der Waals surface area contributed by atoms with Crippen LogP contribution in [-0.2, 0) is 112 Å². The minimum absolute atomic E-state index is 0.0318. The van der Waals surface area contributed by atoms with Crippen molar-refractivity contribution in [2.24, 2.45) is 0 Å². The molecular weight excluding hydrogens is 2080 g/mol. The number of aromatic nitrogens is 6. The van der Waals surface area contributed by atoms with Gasteiger partial charge in [-0.2, -0.15) is 48.9 Å². The minimum Gasteiger partial charge on any atom is -0.515 e. The van der Waals surface area contributed by atoms with Gasteiger partial charge in [-0.05, 0) is 211 Å². The maximum atomic E-state index is 13.7. The lowest BCUT2D eigenvalue weighted by atomic mass is 9.92. The number of sulfonamides is 2. The van der Waals surface area contributed by atoms with E-state index in [4.69, 9.17) is 82.9 Å². The highest BCUT2D eigenvalue weighted by Crippen LogP contribution is 2.43. The Kier molecular flexibility index (Phi) is 35.5. The fraction of sp³-hybridized carbons (Fsp3) is 0.269. The summed E-state index contributed by atoms with van der Waals surface area (Å²) in [5, 5.41) is 27.0. The van der Waals surface area contributed by atoms with Crippen LogP contribution in [0.3, 0.4) is 0 Å². The van der Waals surface area contributed by atoms with Crippen LogP contribution in [0.25, 0.3) is 0 Å². The van der Waals surface area contributed by atoms with Crippen LogP contribution in [0.1, 0.15) is 173 Å². The molecule has 41 heteroatoms. The molecule has 2 N–H and O–H groups in total. The van der Waals surface area contributed by atoms with Gasteiger partial charge in [0.2, 0.25) is 20.0 Å². The first kappa shape index (κ1) is 110. The average Bonchev–Trinajstić information content (AvgIpc) is 1.54. The Hall–Kier alpha value is -12.1. The van der Waals surface area contributed by atoms with Crippen LogP contribution in [0, 0.1) is 0 Å². The number of benzene rings is 10. The fourth-order valence-electron chi connectivity index (χ4n) is 16.3. The molecule has 3 aromatic heterocycles. The Morgan fingerprint density at radius 1 is 0.386 bits per heavy atom. The van der Waals surface area contributed by atoms with Crippen molar-refractivity contribution in [3.05, 3.63) is 390 Å². The predicted molar refractivity (Wildman–Crippen MR) is 553 cm³/mol. The molecule has 0 bridgehead atoms. The van der Waals surface area contributed by atoms with Gasteiger partial charge in [0.25, 0.3) is 29.1 Å². The third-order valence-electron chi connectivity index (χ3n) is 23.3. The molecule has 18 rings (SSSR count). The van der Waals surface area contributed by atoms with Crippen molar-refractivity contribution in [1.29, 1.82) is 0 Å². The maximum absolute atomic E-state index is 13.7. The second-order valence-electron chi connectivity index (χ2n) is 37.0. The number of carbonyl (C=O) groups excluding carboxylic acids is 5. The normalized spacial score (nSPS) is 17.6. The van der Waals surface area contributed by atoms with Gasteiger partial charge >= 0.3 is 18.3 Å². The zero-order chi connectivity index (χ0) is 105. The number of ether oxygens (including phenoxy) is 3. The summed E-state index contributed by atoms with van der Waals surface area (Å²) in [7, 11) is -14.4. The van der Waals surface area contributed by atoms with Gasteiger partial charge in [0.1, 0.15) is 22.6 Å². The number of likely N-dealkylation sites (tertiary alicyclic amines) is 2. The standard InChI is InChI=1S/2C24H19Cl2N3O4S2.C17H21N3O2.C17H21NO4.C16H21NO3.C6H4Cl2O2S/c25-19-6-10-21(11-7-19)34(30,31)28-15-18-16-29(35(32,33)22-12-8-20(26)9-13-22)27-23(18)14-24(28)17-4-2-1-3-5-17;25-19-6-10-21(11-7-19)34(30,31)28-16-18-15-27-29(35(32,33)22-12-8-20(26)9-13-22)24(18)14-23(28)17-4-2-1-3-5-17;1-17(2,3)22-16(21)20-11-13-10-18-19-14(13)9-15(20)12-7-5-4-6-8-12;1-17(2,3)22-16(21)18-10-13(11-19)15(20)9-14(18)12-7-5-4-6-8-12;1-16(2,3)20-15(19)17-10-9-13(18)11-14(17)12-7-5-4-6-8-12;7-5-1-3-6(4-2-5)11(8,9)10/h1-13,16,24H,14-15H2;1-13,15,23H,14,16H2;4-8,10,15H,9,11H2,1-3H3,(H,18,19);4-8,11,14,19H,9-10H2,1-3H3;4-8,14H,9-11H2,1-3H3;1-4H/b;;;13-11-;;. The molecule has 2 saturated heterocycles. The van der Waals surface area contributed by atoms with E-state index in [0.717, 1.165) is 59.9 Å². The number of aromatic amines is 1. The highest BCUT2D eigenvalue weighted by Gasteiger charge is 2.44. The zero-order valence-electron chi connectivity index (χ0n) is 80.0. The number of nitrogens with zero attached hydrogens (tertiary/aromatic N) is 10. The molecule has 0 radical (unpaired) electrons. The van der Waals surface area contributed by atoms with Crippen molar-refractivity contribution in [3.63, 3.8) is 0 Å². The van der Waals surface area contributed by atoms with Gasteiger partial charge in [0.15, 0.2) is 5.78 Å². The fourth-order valence-corrected chi connectivity index (χ4v) is 23.4. The molecule has 3 amide bonds. The number of Topliss-reactive ketones (excluding diaryl/α,β-unsaturated/α-hetero) is 2. The topological polar surface area (TPSA) is 384 Å². The zero-order valence-corrected chi connectivity index (χ0v) is 88.6. The SMILES string of the molecule is CC(C)(C)OC(=O)N1C/C(=C/O)C(=O)CC1c1ccccc1.CC(C)(C)OC(=O)N1CCC(=O)CC1c1ccccc1.CC(C)(C)OC(=O)N1Cc2cn[nH]c2CC1c1ccccc1.O=S(=O)(Cl)c1ccc(Cl)cc1.O=S(=O)(c1ccc(Cl)cc1)N1Cc2cn(S(=O)(=O)c3ccc(Cl)cc3)nc2CC1c1ccccc1.O=S(=O)(c1ccc(Cl)cc1)N1Cc2cnn(S(=O)(=O)c3ccc(Cl)cc3)c2CC1c1ccccc1. The third kappa shape index (κ3) is 28.2. The number of amides is 3. The van der Waals surface area contributed by atoms with E-state index in [1.54, 1.807) is 36.8 Å². The van der Waals surface area contributed by atoms with E-state index in [2.05, 4.69) is 20.4 Å².